The molecule has 0 unspecified atom stereocenters. The number of hydrogen-bond acceptors (Lipinski definition) is 6. The molecule has 1 saturated carbocycles. The Kier molecular flexibility index (Phi) is 3.86. The van der Waals surface area contributed by atoms with Gasteiger partial charge in [0.05, 0.1) is 11.9 Å². The topological polar surface area (TPSA) is 98.4 Å². The second-order valence-corrected chi connectivity index (χ2v) is 7.18. The van der Waals surface area contributed by atoms with Crippen molar-refractivity contribution < 1.29 is 4.79 Å². The fourth-order valence-electron chi connectivity index (χ4n) is 3.48. The van der Waals surface area contributed by atoms with Crippen molar-refractivity contribution in [2.75, 3.05) is 22.1 Å². The number of aromatic nitrogens is 3. The SMILES string of the molecule is N#Cc1cnc2c(NC3CC3)cc(Nc3cccc(N4CCCC4=O)c3)nn12. The summed E-state index contributed by atoms with van der Waals surface area (Å²) in [6, 6.07) is 12.2. The predicted octanol–water partition coefficient (Wildman–Crippen LogP) is 3.05. The van der Waals surface area contributed by atoms with Crippen LogP contribution in [0.3, 0.4) is 0 Å². The maximum absolute atomic E-state index is 12.0. The van der Waals surface area contributed by atoms with Crippen molar-refractivity contribution in [1.82, 2.24) is 14.6 Å². The molecule has 0 spiro atoms. The van der Waals surface area contributed by atoms with Crippen molar-refractivity contribution in [1.29, 1.82) is 5.26 Å². The highest BCUT2D eigenvalue weighted by atomic mass is 16.2. The molecule has 0 atom stereocenters. The highest BCUT2D eigenvalue weighted by molar-refractivity contribution is 5.95. The molecule has 1 amide bonds. The maximum Gasteiger partial charge on any atom is 0.227 e. The first kappa shape index (κ1) is 16.6. The number of rotatable bonds is 5. The Labute approximate surface area is 161 Å². The largest absolute Gasteiger partial charge is 0.379 e. The first-order valence-electron chi connectivity index (χ1n) is 9.44. The zero-order valence-corrected chi connectivity index (χ0v) is 15.2. The smallest absolute Gasteiger partial charge is 0.227 e. The number of fused-ring (bicyclic) bond motifs is 1. The summed E-state index contributed by atoms with van der Waals surface area (Å²) in [4.78, 5) is 18.2. The summed E-state index contributed by atoms with van der Waals surface area (Å²) >= 11 is 0. The van der Waals surface area contributed by atoms with Crippen LogP contribution in [0.25, 0.3) is 5.65 Å². The molecule has 8 heteroatoms. The minimum atomic E-state index is 0.157. The van der Waals surface area contributed by atoms with Crippen molar-refractivity contribution >= 4 is 34.4 Å². The maximum atomic E-state index is 12.0. The lowest BCUT2D eigenvalue weighted by Crippen LogP contribution is -2.23. The Morgan fingerprint density at radius 2 is 2.14 bits per heavy atom. The van der Waals surface area contributed by atoms with Gasteiger partial charge < -0.3 is 15.5 Å². The molecule has 0 bridgehead atoms. The second-order valence-electron chi connectivity index (χ2n) is 7.18. The summed E-state index contributed by atoms with van der Waals surface area (Å²) in [6.07, 6.45) is 5.29. The van der Waals surface area contributed by atoms with E-state index < -0.39 is 0 Å². The Morgan fingerprint density at radius 3 is 2.89 bits per heavy atom. The van der Waals surface area contributed by atoms with E-state index >= 15 is 0 Å². The molecule has 5 rings (SSSR count). The molecule has 3 aromatic rings. The average Bonchev–Trinajstić information content (AvgIpc) is 3.24. The van der Waals surface area contributed by atoms with Crippen LogP contribution in [-0.4, -0.2) is 33.1 Å². The predicted molar refractivity (Wildman–Crippen MR) is 106 cm³/mol. The lowest BCUT2D eigenvalue weighted by Gasteiger charge is -2.17. The summed E-state index contributed by atoms with van der Waals surface area (Å²) in [5.74, 6) is 0.764. The van der Waals surface area contributed by atoms with Gasteiger partial charge in [-0.05, 0) is 37.5 Å². The number of benzene rings is 1. The fraction of sp³-hybridized carbons (Fsp3) is 0.300. The van der Waals surface area contributed by atoms with Crippen LogP contribution in [0.15, 0.2) is 36.5 Å². The van der Waals surface area contributed by atoms with Crippen LogP contribution in [-0.2, 0) is 4.79 Å². The van der Waals surface area contributed by atoms with Gasteiger partial charge in [-0.2, -0.15) is 9.78 Å². The van der Waals surface area contributed by atoms with Crippen molar-refractivity contribution in [2.24, 2.45) is 0 Å². The third kappa shape index (κ3) is 3.01. The molecule has 1 aliphatic carbocycles. The zero-order valence-electron chi connectivity index (χ0n) is 15.2. The molecule has 1 saturated heterocycles. The van der Waals surface area contributed by atoms with Crippen molar-refractivity contribution in [3.05, 3.63) is 42.2 Å². The molecule has 8 nitrogen and oxygen atoms in total. The molecule has 1 aliphatic heterocycles. The van der Waals surface area contributed by atoms with E-state index in [1.807, 2.05) is 35.2 Å². The van der Waals surface area contributed by atoms with E-state index in [0.29, 0.717) is 29.6 Å². The summed E-state index contributed by atoms with van der Waals surface area (Å²) < 4.78 is 1.56. The quantitative estimate of drug-likeness (QED) is 0.713. The van der Waals surface area contributed by atoms with Crippen molar-refractivity contribution in [2.45, 2.75) is 31.7 Å². The number of nitrogens with zero attached hydrogens (tertiary/aromatic N) is 5. The van der Waals surface area contributed by atoms with Gasteiger partial charge in [-0.25, -0.2) is 4.98 Å². The first-order valence-corrected chi connectivity index (χ1v) is 9.44. The van der Waals surface area contributed by atoms with E-state index in [9.17, 15) is 10.1 Å². The fourth-order valence-corrected chi connectivity index (χ4v) is 3.48. The number of anilines is 4. The molecular weight excluding hydrogens is 354 g/mol. The molecule has 0 radical (unpaired) electrons. The number of amides is 1. The lowest BCUT2D eigenvalue weighted by atomic mass is 10.2. The molecule has 2 N–H and O–H groups in total. The third-order valence-electron chi connectivity index (χ3n) is 5.02. The minimum Gasteiger partial charge on any atom is -0.379 e. The number of imidazole rings is 1. The van der Waals surface area contributed by atoms with Crippen LogP contribution < -0.4 is 15.5 Å². The van der Waals surface area contributed by atoms with E-state index in [-0.39, 0.29) is 5.91 Å². The van der Waals surface area contributed by atoms with Crippen LogP contribution in [0.5, 0.6) is 0 Å². The van der Waals surface area contributed by atoms with Crippen LogP contribution >= 0.6 is 0 Å². The normalized spacial score (nSPS) is 16.4. The summed E-state index contributed by atoms with van der Waals surface area (Å²) in [5.41, 5.74) is 3.59. The zero-order chi connectivity index (χ0) is 19.1. The van der Waals surface area contributed by atoms with E-state index in [4.69, 9.17) is 0 Å². The van der Waals surface area contributed by atoms with Gasteiger partial charge in [0.25, 0.3) is 0 Å². The standard InChI is InChI=1S/C20H19N7O/c21-11-16-12-22-20-17(23-13-6-7-13)10-18(25-27(16)20)24-14-3-1-4-15(9-14)26-8-2-5-19(26)28/h1,3-4,9-10,12-13,23H,2,5-8H2,(H,24,25). The number of hydrogen-bond donors (Lipinski definition) is 2. The van der Waals surface area contributed by atoms with E-state index in [0.717, 1.165) is 42.9 Å². The summed E-state index contributed by atoms with van der Waals surface area (Å²) in [7, 11) is 0. The molecule has 140 valence electrons. The van der Waals surface area contributed by atoms with Gasteiger partial charge in [-0.3, -0.25) is 4.79 Å². The Balaban J connectivity index is 1.49. The Bertz CT molecular complexity index is 1110. The van der Waals surface area contributed by atoms with E-state index in [1.165, 1.54) is 6.20 Å². The average molecular weight is 373 g/mol. The molecular formula is C20H19N7O. The molecule has 2 fully saturated rings. The van der Waals surface area contributed by atoms with Gasteiger partial charge in [0.15, 0.2) is 17.2 Å². The number of nitrogens with one attached hydrogen (secondary N) is 2. The van der Waals surface area contributed by atoms with Crippen molar-refractivity contribution in [3.63, 3.8) is 0 Å². The highest BCUT2D eigenvalue weighted by Crippen LogP contribution is 2.30. The van der Waals surface area contributed by atoms with Gasteiger partial charge in [-0.1, -0.05) is 6.07 Å². The van der Waals surface area contributed by atoms with Crippen molar-refractivity contribution in [3.8, 4) is 6.07 Å². The summed E-state index contributed by atoms with van der Waals surface area (Å²) in [6.45, 7) is 0.752. The second kappa shape index (κ2) is 6.53. The molecule has 1 aromatic carbocycles. The van der Waals surface area contributed by atoms with Gasteiger partial charge >= 0.3 is 0 Å². The van der Waals surface area contributed by atoms with E-state index in [2.05, 4.69) is 26.8 Å². The van der Waals surface area contributed by atoms with E-state index in [1.54, 1.807) is 4.52 Å². The Hall–Kier alpha value is -3.60. The summed E-state index contributed by atoms with van der Waals surface area (Å²) in [5, 5.41) is 20.6. The number of nitriles is 1. The van der Waals surface area contributed by atoms with Gasteiger partial charge in [0.1, 0.15) is 6.07 Å². The van der Waals surface area contributed by atoms with Gasteiger partial charge in [0.2, 0.25) is 5.91 Å². The van der Waals surface area contributed by atoms with Crippen LogP contribution in [0.4, 0.5) is 22.9 Å². The monoisotopic (exact) mass is 373 g/mol. The number of carbonyl (C=O) groups is 1. The molecule has 2 aliphatic rings. The minimum absolute atomic E-state index is 0.157. The van der Waals surface area contributed by atoms with Crippen LogP contribution in [0.1, 0.15) is 31.4 Å². The highest BCUT2D eigenvalue weighted by Gasteiger charge is 2.24. The molecule has 3 heterocycles. The van der Waals surface area contributed by atoms with Gasteiger partial charge in [0, 0.05) is 36.4 Å². The molecule has 28 heavy (non-hydrogen) atoms. The first-order chi connectivity index (χ1) is 13.7. The third-order valence-corrected chi connectivity index (χ3v) is 5.02. The molecule has 2 aromatic heterocycles. The Morgan fingerprint density at radius 1 is 1.25 bits per heavy atom. The van der Waals surface area contributed by atoms with Crippen LogP contribution in [0.2, 0.25) is 0 Å². The number of carbonyl (C=O) groups excluding carboxylic acids is 1. The lowest BCUT2D eigenvalue weighted by molar-refractivity contribution is -0.117. The van der Waals surface area contributed by atoms with Gasteiger partial charge in [-0.15, -0.1) is 5.10 Å². The van der Waals surface area contributed by atoms with Crippen LogP contribution in [0, 0.1) is 11.3 Å².